The minimum absolute atomic E-state index is 0.262. The molecule has 0 aliphatic rings. The monoisotopic (exact) mass is 487 g/mol. The van der Waals surface area contributed by atoms with Crippen molar-refractivity contribution in [1.29, 1.82) is 0 Å². The lowest BCUT2D eigenvalue weighted by molar-refractivity contribution is -0.395. The van der Waals surface area contributed by atoms with E-state index >= 15 is 0 Å². The minimum atomic E-state index is -1.31. The van der Waals surface area contributed by atoms with Crippen molar-refractivity contribution in [3.8, 4) is 0 Å². The summed E-state index contributed by atoms with van der Waals surface area (Å²) in [6.07, 6.45) is 1.88. The first-order valence-corrected chi connectivity index (χ1v) is 10.5. The van der Waals surface area contributed by atoms with Gasteiger partial charge in [-0.25, -0.2) is 0 Å². The molecule has 0 saturated carbocycles. The highest BCUT2D eigenvalue weighted by molar-refractivity contribution is 6.01. The van der Waals surface area contributed by atoms with E-state index in [1.807, 2.05) is 30.3 Å². The molecule has 0 saturated heterocycles. The van der Waals surface area contributed by atoms with E-state index in [0.717, 1.165) is 5.56 Å². The van der Waals surface area contributed by atoms with Crippen molar-refractivity contribution >= 4 is 28.9 Å². The Labute approximate surface area is 200 Å². The zero-order chi connectivity index (χ0) is 26.3. The molecular formula is C23H26FN5O6. The number of hydrogen-bond donors (Lipinski definition) is 3. The number of amides is 2. The number of anilines is 1. The maximum atomic E-state index is 14.0. The van der Waals surface area contributed by atoms with Crippen molar-refractivity contribution in [2.45, 2.75) is 44.8 Å². The fraction of sp³-hybridized carbons (Fsp3) is 0.304. The average molecular weight is 487 g/mol. The summed E-state index contributed by atoms with van der Waals surface area (Å²) < 4.78 is 14.0. The zero-order valence-corrected chi connectivity index (χ0v) is 19.4. The summed E-state index contributed by atoms with van der Waals surface area (Å²) in [5.74, 6) is -2.79. The third kappa shape index (κ3) is 7.40. The van der Waals surface area contributed by atoms with Crippen molar-refractivity contribution in [1.82, 2.24) is 10.6 Å². The average Bonchev–Trinajstić information content (AvgIpc) is 2.78. The van der Waals surface area contributed by atoms with Gasteiger partial charge in [0.15, 0.2) is 0 Å². The molecule has 0 aliphatic carbocycles. The van der Waals surface area contributed by atoms with E-state index in [2.05, 4.69) is 22.5 Å². The molecule has 0 aromatic heterocycles. The van der Waals surface area contributed by atoms with Gasteiger partial charge in [-0.15, -0.1) is 6.58 Å². The molecule has 0 fully saturated rings. The van der Waals surface area contributed by atoms with E-state index < -0.39 is 62.2 Å². The molecule has 2 aromatic rings. The predicted octanol–water partition coefficient (Wildman–Crippen LogP) is 3.25. The number of nitrogens with one attached hydrogen (secondary N) is 3. The van der Waals surface area contributed by atoms with Crippen molar-refractivity contribution < 1.29 is 23.8 Å². The van der Waals surface area contributed by atoms with Crippen molar-refractivity contribution in [3.05, 3.63) is 86.7 Å². The second kappa shape index (κ2) is 11.3. The standard InChI is InChI=1S/C23H26FN5O6/c1-5-23(3,4)27-18(11-15-9-7-6-8-10-15)22(31)26-21(30)14(2)25-17-12-16(24)19(28(32)33)13-20(17)29(34)35/h5-10,12-14,18,25,27H,1,11H2,2-4H3,(H,26,30,31)/t14-,18-/m0/s1. The highest BCUT2D eigenvalue weighted by atomic mass is 19.1. The maximum Gasteiger partial charge on any atom is 0.311 e. The fourth-order valence-corrected chi connectivity index (χ4v) is 3.14. The summed E-state index contributed by atoms with van der Waals surface area (Å²) in [6, 6.07) is 8.10. The van der Waals surface area contributed by atoms with E-state index in [0.29, 0.717) is 12.1 Å². The Hall–Kier alpha value is -4.19. The Kier molecular flexibility index (Phi) is 8.73. The van der Waals surface area contributed by atoms with Gasteiger partial charge in [0.1, 0.15) is 11.7 Å². The summed E-state index contributed by atoms with van der Waals surface area (Å²) >= 11 is 0. The number of carbonyl (C=O) groups excluding carboxylic acids is 2. The van der Waals surface area contributed by atoms with Crippen LogP contribution in [0.1, 0.15) is 26.3 Å². The highest BCUT2D eigenvalue weighted by Crippen LogP contribution is 2.32. The number of nitrogens with zero attached hydrogens (tertiary/aromatic N) is 2. The summed E-state index contributed by atoms with van der Waals surface area (Å²) in [7, 11) is 0. The summed E-state index contributed by atoms with van der Waals surface area (Å²) in [5, 5.41) is 30.0. The molecule has 11 nitrogen and oxygen atoms in total. The zero-order valence-electron chi connectivity index (χ0n) is 19.4. The molecule has 0 spiro atoms. The van der Waals surface area contributed by atoms with Crippen LogP contribution in [0, 0.1) is 26.0 Å². The van der Waals surface area contributed by atoms with Crippen LogP contribution in [0.2, 0.25) is 0 Å². The van der Waals surface area contributed by atoms with Gasteiger partial charge in [-0.2, -0.15) is 4.39 Å². The van der Waals surface area contributed by atoms with Gasteiger partial charge in [0.05, 0.1) is 22.0 Å². The van der Waals surface area contributed by atoms with Crippen LogP contribution < -0.4 is 16.0 Å². The molecule has 0 heterocycles. The van der Waals surface area contributed by atoms with E-state index in [-0.39, 0.29) is 6.42 Å². The van der Waals surface area contributed by atoms with Gasteiger partial charge in [0, 0.05) is 11.6 Å². The fourth-order valence-electron chi connectivity index (χ4n) is 3.14. The third-order valence-electron chi connectivity index (χ3n) is 5.13. The Morgan fingerprint density at radius 2 is 1.69 bits per heavy atom. The number of hydrogen-bond acceptors (Lipinski definition) is 8. The number of imide groups is 1. The van der Waals surface area contributed by atoms with Crippen molar-refractivity contribution in [2.24, 2.45) is 0 Å². The Morgan fingerprint density at radius 1 is 1.09 bits per heavy atom. The van der Waals surface area contributed by atoms with Gasteiger partial charge >= 0.3 is 5.69 Å². The van der Waals surface area contributed by atoms with Crippen LogP contribution in [-0.2, 0) is 16.0 Å². The van der Waals surface area contributed by atoms with Gasteiger partial charge in [0.2, 0.25) is 17.6 Å². The van der Waals surface area contributed by atoms with Crippen LogP contribution >= 0.6 is 0 Å². The molecule has 0 unspecified atom stereocenters. The number of nitro benzene ring substituents is 2. The van der Waals surface area contributed by atoms with Crippen LogP contribution in [0.5, 0.6) is 0 Å². The number of rotatable bonds is 11. The Bertz CT molecular complexity index is 1140. The first kappa shape index (κ1) is 27.1. The molecule has 2 rings (SSSR count). The lowest BCUT2D eigenvalue weighted by Gasteiger charge is -2.29. The number of carbonyl (C=O) groups is 2. The van der Waals surface area contributed by atoms with Crippen LogP contribution in [-0.4, -0.2) is 39.3 Å². The summed E-state index contributed by atoms with van der Waals surface area (Å²) in [5.41, 5.74) is -2.11. The lowest BCUT2D eigenvalue weighted by Crippen LogP contribution is -2.55. The van der Waals surface area contributed by atoms with Gasteiger partial charge in [0.25, 0.3) is 5.69 Å². The largest absolute Gasteiger partial charge is 0.368 e. The summed E-state index contributed by atoms with van der Waals surface area (Å²) in [4.78, 5) is 45.8. The molecule has 0 bridgehead atoms. The van der Waals surface area contributed by atoms with Gasteiger partial charge in [-0.05, 0) is 32.8 Å². The second-order valence-corrected chi connectivity index (χ2v) is 8.37. The SMILES string of the molecule is C=CC(C)(C)N[C@@H](Cc1ccccc1)C(=O)NC(=O)[C@H](C)Nc1cc(F)c([N+](=O)[O-])cc1[N+](=O)[O-]. The maximum absolute atomic E-state index is 14.0. The van der Waals surface area contributed by atoms with Gasteiger partial charge < -0.3 is 5.32 Å². The van der Waals surface area contributed by atoms with E-state index in [1.54, 1.807) is 19.9 Å². The molecule has 2 aromatic carbocycles. The normalized spacial score (nSPS) is 12.8. The van der Waals surface area contributed by atoms with Gasteiger partial charge in [-0.3, -0.25) is 40.5 Å². The number of halogens is 1. The number of nitro groups is 2. The highest BCUT2D eigenvalue weighted by Gasteiger charge is 2.30. The topological polar surface area (TPSA) is 157 Å². The van der Waals surface area contributed by atoms with Crippen LogP contribution in [0.3, 0.4) is 0 Å². The van der Waals surface area contributed by atoms with Gasteiger partial charge in [-0.1, -0.05) is 36.4 Å². The molecule has 0 radical (unpaired) electrons. The number of benzene rings is 2. The van der Waals surface area contributed by atoms with E-state index in [1.165, 1.54) is 6.92 Å². The molecule has 35 heavy (non-hydrogen) atoms. The van der Waals surface area contributed by atoms with Crippen molar-refractivity contribution in [2.75, 3.05) is 5.32 Å². The first-order chi connectivity index (χ1) is 16.3. The van der Waals surface area contributed by atoms with Crippen LogP contribution in [0.15, 0.2) is 55.1 Å². The van der Waals surface area contributed by atoms with Crippen LogP contribution in [0.25, 0.3) is 0 Å². The summed E-state index contributed by atoms with van der Waals surface area (Å²) in [6.45, 7) is 8.65. The lowest BCUT2D eigenvalue weighted by atomic mass is 9.99. The molecule has 2 atom stereocenters. The Balaban J connectivity index is 2.20. The molecule has 186 valence electrons. The quantitative estimate of drug-likeness (QED) is 0.248. The molecule has 12 heteroatoms. The second-order valence-electron chi connectivity index (χ2n) is 8.37. The third-order valence-corrected chi connectivity index (χ3v) is 5.13. The van der Waals surface area contributed by atoms with E-state index in [4.69, 9.17) is 0 Å². The predicted molar refractivity (Wildman–Crippen MR) is 127 cm³/mol. The van der Waals surface area contributed by atoms with Crippen molar-refractivity contribution in [3.63, 3.8) is 0 Å². The molecular weight excluding hydrogens is 461 g/mol. The van der Waals surface area contributed by atoms with E-state index in [9.17, 15) is 34.2 Å². The minimum Gasteiger partial charge on any atom is -0.368 e. The first-order valence-electron chi connectivity index (χ1n) is 10.5. The molecule has 2 amide bonds. The molecule has 3 N–H and O–H groups in total. The molecule has 0 aliphatic heterocycles. The van der Waals surface area contributed by atoms with Crippen LogP contribution in [0.4, 0.5) is 21.5 Å². The smallest absolute Gasteiger partial charge is 0.311 e. The Morgan fingerprint density at radius 3 is 2.23 bits per heavy atom.